The fraction of sp³-hybridized carbons (Fsp3) is 0.615. The van der Waals surface area contributed by atoms with Crippen molar-refractivity contribution in [3.63, 3.8) is 0 Å². The number of likely N-dealkylation sites (tertiary alicyclic amines) is 1. The summed E-state index contributed by atoms with van der Waals surface area (Å²) in [6.45, 7) is 6.20. The SMILES string of the molecule is CC(C)(C)N1C(=O)CCC(N)C1c1sccc1Br. The van der Waals surface area contributed by atoms with Crippen LogP contribution in [0, 0.1) is 0 Å². The van der Waals surface area contributed by atoms with Gasteiger partial charge in [-0.3, -0.25) is 4.79 Å². The highest BCUT2D eigenvalue weighted by atomic mass is 79.9. The van der Waals surface area contributed by atoms with E-state index in [9.17, 15) is 4.79 Å². The Morgan fingerprint density at radius 3 is 2.67 bits per heavy atom. The lowest BCUT2D eigenvalue weighted by Gasteiger charge is -2.47. The van der Waals surface area contributed by atoms with Gasteiger partial charge in [-0.1, -0.05) is 0 Å². The number of nitrogens with two attached hydrogens (primary N) is 1. The number of thiophene rings is 1. The van der Waals surface area contributed by atoms with Crippen molar-refractivity contribution < 1.29 is 4.79 Å². The van der Waals surface area contributed by atoms with E-state index in [1.807, 2.05) is 16.3 Å². The van der Waals surface area contributed by atoms with E-state index in [1.54, 1.807) is 11.3 Å². The Kier molecular flexibility index (Phi) is 3.85. The number of halogens is 1. The first-order chi connectivity index (χ1) is 8.32. The molecular weight excluding hydrogens is 312 g/mol. The molecule has 0 spiro atoms. The van der Waals surface area contributed by atoms with Crippen molar-refractivity contribution in [2.45, 2.75) is 51.2 Å². The average Bonchev–Trinajstić information content (AvgIpc) is 2.65. The molecule has 3 nitrogen and oxygen atoms in total. The number of nitrogens with zero attached hydrogens (tertiary/aromatic N) is 1. The quantitative estimate of drug-likeness (QED) is 0.858. The first kappa shape index (κ1) is 14.0. The minimum atomic E-state index is -0.205. The van der Waals surface area contributed by atoms with Gasteiger partial charge < -0.3 is 10.6 Å². The van der Waals surface area contributed by atoms with Crippen LogP contribution in [0.3, 0.4) is 0 Å². The molecule has 2 unspecified atom stereocenters. The fourth-order valence-electron chi connectivity index (χ4n) is 2.53. The van der Waals surface area contributed by atoms with E-state index < -0.39 is 0 Å². The Hall–Kier alpha value is -0.390. The zero-order chi connectivity index (χ0) is 13.5. The molecule has 2 atom stereocenters. The van der Waals surface area contributed by atoms with Crippen molar-refractivity contribution in [1.29, 1.82) is 0 Å². The highest BCUT2D eigenvalue weighted by molar-refractivity contribution is 9.10. The Balaban J connectivity index is 2.45. The molecule has 1 saturated heterocycles. The smallest absolute Gasteiger partial charge is 0.223 e. The van der Waals surface area contributed by atoms with E-state index in [0.29, 0.717) is 6.42 Å². The van der Waals surface area contributed by atoms with Gasteiger partial charge in [0.1, 0.15) is 0 Å². The number of amides is 1. The van der Waals surface area contributed by atoms with Crippen LogP contribution in [-0.4, -0.2) is 22.4 Å². The summed E-state index contributed by atoms with van der Waals surface area (Å²) in [5.41, 5.74) is 6.08. The maximum Gasteiger partial charge on any atom is 0.223 e. The molecule has 18 heavy (non-hydrogen) atoms. The minimum absolute atomic E-state index is 0.0110. The molecule has 5 heteroatoms. The lowest BCUT2D eigenvalue weighted by atomic mass is 9.90. The van der Waals surface area contributed by atoms with Gasteiger partial charge in [-0.15, -0.1) is 11.3 Å². The first-order valence-corrected chi connectivity index (χ1v) is 7.80. The van der Waals surface area contributed by atoms with Gasteiger partial charge in [-0.2, -0.15) is 0 Å². The van der Waals surface area contributed by atoms with Gasteiger partial charge in [-0.05, 0) is 54.6 Å². The Morgan fingerprint density at radius 1 is 1.50 bits per heavy atom. The zero-order valence-electron chi connectivity index (χ0n) is 10.9. The van der Waals surface area contributed by atoms with Crippen LogP contribution in [0.15, 0.2) is 15.9 Å². The Labute approximate surface area is 120 Å². The number of carbonyl (C=O) groups is 1. The molecule has 1 aliphatic heterocycles. The summed E-state index contributed by atoms with van der Waals surface area (Å²) in [6, 6.07) is 2.02. The molecule has 1 aromatic rings. The summed E-state index contributed by atoms with van der Waals surface area (Å²) in [7, 11) is 0. The van der Waals surface area contributed by atoms with Gasteiger partial charge in [-0.25, -0.2) is 0 Å². The number of piperidine rings is 1. The molecule has 0 saturated carbocycles. The predicted molar refractivity (Wildman–Crippen MR) is 78.6 cm³/mol. The normalized spacial score (nSPS) is 25.6. The van der Waals surface area contributed by atoms with Crippen LogP contribution in [0.25, 0.3) is 0 Å². The lowest BCUT2D eigenvalue weighted by Crippen LogP contribution is -2.56. The standard InChI is InChI=1S/C13H19BrN2OS/c1-13(2,3)16-10(17)5-4-9(15)11(16)12-8(14)6-7-18-12/h6-7,9,11H,4-5,15H2,1-3H3. The molecule has 2 N–H and O–H groups in total. The molecule has 2 heterocycles. The van der Waals surface area contributed by atoms with Crippen LogP contribution >= 0.6 is 27.3 Å². The van der Waals surface area contributed by atoms with E-state index >= 15 is 0 Å². The highest BCUT2D eigenvalue weighted by Gasteiger charge is 2.41. The highest BCUT2D eigenvalue weighted by Crippen LogP contribution is 2.41. The van der Waals surface area contributed by atoms with E-state index in [2.05, 4.69) is 36.7 Å². The zero-order valence-corrected chi connectivity index (χ0v) is 13.3. The molecule has 1 aromatic heterocycles. The van der Waals surface area contributed by atoms with E-state index in [4.69, 9.17) is 5.73 Å². The number of hydrogen-bond acceptors (Lipinski definition) is 3. The van der Waals surface area contributed by atoms with Gasteiger partial charge >= 0.3 is 0 Å². The summed E-state index contributed by atoms with van der Waals surface area (Å²) in [4.78, 5) is 15.4. The van der Waals surface area contributed by atoms with Crippen molar-refractivity contribution in [3.05, 3.63) is 20.8 Å². The second-order valence-electron chi connectivity index (χ2n) is 5.71. The molecule has 1 aliphatic rings. The van der Waals surface area contributed by atoms with Crippen LogP contribution in [0.5, 0.6) is 0 Å². The second kappa shape index (κ2) is 4.94. The minimum Gasteiger partial charge on any atom is -0.328 e. The van der Waals surface area contributed by atoms with Gasteiger partial charge in [0.15, 0.2) is 0 Å². The largest absolute Gasteiger partial charge is 0.328 e. The molecule has 100 valence electrons. The maximum absolute atomic E-state index is 12.3. The van der Waals surface area contributed by atoms with Crippen LogP contribution in [0.2, 0.25) is 0 Å². The topological polar surface area (TPSA) is 46.3 Å². The van der Waals surface area contributed by atoms with Crippen molar-refractivity contribution in [3.8, 4) is 0 Å². The predicted octanol–water partition coefficient (Wildman–Crippen LogP) is 3.30. The van der Waals surface area contributed by atoms with Crippen LogP contribution in [0.4, 0.5) is 0 Å². The van der Waals surface area contributed by atoms with E-state index in [1.165, 1.54) is 0 Å². The van der Waals surface area contributed by atoms with E-state index in [0.717, 1.165) is 15.8 Å². The molecule has 0 aromatic carbocycles. The third kappa shape index (κ3) is 2.49. The lowest BCUT2D eigenvalue weighted by molar-refractivity contribution is -0.143. The molecule has 2 rings (SSSR count). The second-order valence-corrected chi connectivity index (χ2v) is 7.52. The summed E-state index contributed by atoms with van der Waals surface area (Å²) in [5, 5.41) is 2.03. The molecule has 1 amide bonds. The van der Waals surface area contributed by atoms with Crippen LogP contribution in [0.1, 0.15) is 44.5 Å². The van der Waals surface area contributed by atoms with Crippen molar-refractivity contribution in [1.82, 2.24) is 4.90 Å². The van der Waals surface area contributed by atoms with Crippen LogP contribution < -0.4 is 5.73 Å². The summed E-state index contributed by atoms with van der Waals surface area (Å²) >= 11 is 5.22. The van der Waals surface area contributed by atoms with Gasteiger partial charge in [0.2, 0.25) is 5.91 Å². The molecule has 0 radical (unpaired) electrons. The molecule has 0 aliphatic carbocycles. The van der Waals surface area contributed by atoms with Crippen molar-refractivity contribution >= 4 is 33.2 Å². The van der Waals surface area contributed by atoms with Gasteiger partial charge in [0.25, 0.3) is 0 Å². The third-order valence-corrected chi connectivity index (χ3v) is 5.22. The molecule has 1 fully saturated rings. The number of carbonyl (C=O) groups excluding carboxylic acids is 1. The summed E-state index contributed by atoms with van der Waals surface area (Å²) in [6.07, 6.45) is 1.32. The Bertz CT molecular complexity index is 452. The van der Waals surface area contributed by atoms with Gasteiger partial charge in [0, 0.05) is 27.4 Å². The monoisotopic (exact) mass is 330 g/mol. The molecule has 0 bridgehead atoms. The third-order valence-electron chi connectivity index (χ3n) is 3.28. The number of rotatable bonds is 1. The molecular formula is C13H19BrN2OS. The van der Waals surface area contributed by atoms with Crippen molar-refractivity contribution in [2.24, 2.45) is 5.73 Å². The van der Waals surface area contributed by atoms with E-state index in [-0.39, 0.29) is 23.5 Å². The summed E-state index contributed by atoms with van der Waals surface area (Å²) < 4.78 is 1.05. The number of hydrogen-bond donors (Lipinski definition) is 1. The van der Waals surface area contributed by atoms with Gasteiger partial charge in [0.05, 0.1) is 6.04 Å². The van der Waals surface area contributed by atoms with Crippen molar-refractivity contribution in [2.75, 3.05) is 0 Å². The van der Waals surface area contributed by atoms with Crippen LogP contribution in [-0.2, 0) is 4.79 Å². The Morgan fingerprint density at radius 2 is 2.17 bits per heavy atom. The fourth-order valence-corrected chi connectivity index (χ4v) is 4.31. The first-order valence-electron chi connectivity index (χ1n) is 6.13. The summed E-state index contributed by atoms with van der Waals surface area (Å²) in [5.74, 6) is 0.203. The average molecular weight is 331 g/mol. The maximum atomic E-state index is 12.3.